The van der Waals surface area contributed by atoms with Crippen molar-refractivity contribution in [3.8, 4) is 0 Å². The average molecular weight is 315 g/mol. The molecule has 21 heavy (non-hydrogen) atoms. The van der Waals surface area contributed by atoms with E-state index in [2.05, 4.69) is 23.5 Å². The lowest BCUT2D eigenvalue weighted by atomic mass is 10.1. The van der Waals surface area contributed by atoms with Crippen LogP contribution in [0, 0.1) is 11.7 Å². The highest BCUT2D eigenvalue weighted by Gasteiger charge is 2.26. The van der Waals surface area contributed by atoms with Crippen molar-refractivity contribution in [1.82, 2.24) is 9.62 Å². The summed E-state index contributed by atoms with van der Waals surface area (Å²) in [5, 5.41) is 0. The Morgan fingerprint density at radius 3 is 2.81 bits per heavy atom. The molecular weight excluding hydrogens is 293 g/mol. The number of nitrogens with one attached hydrogen (secondary N) is 1. The monoisotopic (exact) mass is 315 g/mol. The topological polar surface area (TPSA) is 75.4 Å². The number of sulfonamides is 1. The summed E-state index contributed by atoms with van der Waals surface area (Å²) in [6.07, 6.45) is 0.958. The molecule has 0 bridgehead atoms. The lowest BCUT2D eigenvalue weighted by Crippen LogP contribution is -2.33. The van der Waals surface area contributed by atoms with E-state index >= 15 is 0 Å². The average Bonchev–Trinajstić information content (AvgIpc) is 2.88. The van der Waals surface area contributed by atoms with Gasteiger partial charge in [0.25, 0.3) is 0 Å². The Morgan fingerprint density at radius 1 is 1.48 bits per heavy atom. The number of hydrogen-bond donors (Lipinski definition) is 2. The van der Waals surface area contributed by atoms with Crippen molar-refractivity contribution in [1.29, 1.82) is 0 Å². The standard InChI is InChI=1S/C14H22FN3O2S/c1-10(2)18-7-6-11(9-18)8-17-21(19,20)13-5-3-4-12(15)14(13)16/h3-5,10-11,17H,6-9,16H2,1-2H3. The molecule has 3 N–H and O–H groups in total. The molecule has 0 spiro atoms. The van der Waals surface area contributed by atoms with Crippen molar-refractivity contribution < 1.29 is 12.8 Å². The minimum atomic E-state index is -3.77. The van der Waals surface area contributed by atoms with E-state index < -0.39 is 15.8 Å². The molecule has 2 rings (SSSR count). The van der Waals surface area contributed by atoms with Crippen LogP contribution in [-0.4, -0.2) is 39.0 Å². The fourth-order valence-electron chi connectivity index (χ4n) is 2.56. The van der Waals surface area contributed by atoms with E-state index in [9.17, 15) is 12.8 Å². The molecule has 0 saturated carbocycles. The Labute approximate surface area is 125 Å². The number of anilines is 1. The number of para-hydroxylation sites is 1. The van der Waals surface area contributed by atoms with Gasteiger partial charge in [-0.05, 0) is 44.9 Å². The molecule has 1 aliphatic heterocycles. The summed E-state index contributed by atoms with van der Waals surface area (Å²) < 4.78 is 40.3. The van der Waals surface area contributed by atoms with Gasteiger partial charge in [-0.3, -0.25) is 0 Å². The summed E-state index contributed by atoms with van der Waals surface area (Å²) in [4.78, 5) is 2.12. The molecule has 1 atom stereocenters. The molecule has 1 aromatic rings. The van der Waals surface area contributed by atoms with Gasteiger partial charge < -0.3 is 10.6 Å². The van der Waals surface area contributed by atoms with Crippen LogP contribution in [0.1, 0.15) is 20.3 Å². The molecule has 0 aromatic heterocycles. The van der Waals surface area contributed by atoms with Crippen molar-refractivity contribution >= 4 is 15.7 Å². The number of benzene rings is 1. The summed E-state index contributed by atoms with van der Waals surface area (Å²) in [5.74, 6) is -0.443. The molecule has 1 unspecified atom stereocenters. The van der Waals surface area contributed by atoms with Gasteiger partial charge in [0, 0.05) is 19.1 Å². The molecular formula is C14H22FN3O2S. The molecule has 0 amide bonds. The SMILES string of the molecule is CC(C)N1CCC(CNS(=O)(=O)c2cccc(F)c2N)C1. The minimum absolute atomic E-state index is 0.193. The highest BCUT2D eigenvalue weighted by Crippen LogP contribution is 2.22. The van der Waals surface area contributed by atoms with Gasteiger partial charge in [-0.25, -0.2) is 17.5 Å². The second-order valence-electron chi connectivity index (χ2n) is 5.75. The van der Waals surface area contributed by atoms with Gasteiger partial charge in [-0.2, -0.15) is 0 Å². The molecule has 5 nitrogen and oxygen atoms in total. The van der Waals surface area contributed by atoms with E-state index in [0.717, 1.165) is 25.6 Å². The minimum Gasteiger partial charge on any atom is -0.395 e. The van der Waals surface area contributed by atoms with Crippen molar-refractivity contribution in [2.45, 2.75) is 31.2 Å². The van der Waals surface area contributed by atoms with E-state index in [-0.39, 0.29) is 16.5 Å². The smallest absolute Gasteiger partial charge is 0.242 e. The maximum atomic E-state index is 13.4. The van der Waals surface area contributed by atoms with Gasteiger partial charge in [0.05, 0.1) is 5.69 Å². The van der Waals surface area contributed by atoms with Crippen molar-refractivity contribution in [3.05, 3.63) is 24.0 Å². The second-order valence-corrected chi connectivity index (χ2v) is 7.48. The highest BCUT2D eigenvalue weighted by atomic mass is 32.2. The van der Waals surface area contributed by atoms with Crippen LogP contribution in [0.2, 0.25) is 0 Å². The third-order valence-electron chi connectivity index (χ3n) is 3.91. The molecule has 1 aromatic carbocycles. The number of rotatable bonds is 5. The molecule has 1 fully saturated rings. The molecule has 1 heterocycles. The van der Waals surface area contributed by atoms with Crippen LogP contribution >= 0.6 is 0 Å². The Hall–Kier alpha value is -1.18. The second kappa shape index (κ2) is 6.29. The van der Waals surface area contributed by atoms with E-state index in [1.54, 1.807) is 0 Å². The van der Waals surface area contributed by atoms with E-state index in [4.69, 9.17) is 5.73 Å². The molecule has 1 saturated heterocycles. The lowest BCUT2D eigenvalue weighted by Gasteiger charge is -2.20. The number of halogens is 1. The van der Waals surface area contributed by atoms with Crippen LogP contribution in [-0.2, 0) is 10.0 Å². The summed E-state index contributed by atoms with van der Waals surface area (Å²) in [6.45, 7) is 6.45. The normalized spacial score (nSPS) is 20.3. The predicted molar refractivity (Wildman–Crippen MR) is 80.8 cm³/mol. The predicted octanol–water partition coefficient (Wildman–Crippen LogP) is 1.42. The fourth-order valence-corrected chi connectivity index (χ4v) is 3.81. The quantitative estimate of drug-likeness (QED) is 0.806. The first kappa shape index (κ1) is 16.2. The zero-order valence-electron chi connectivity index (χ0n) is 12.3. The third-order valence-corrected chi connectivity index (χ3v) is 5.39. The fraction of sp³-hybridized carbons (Fsp3) is 0.571. The maximum absolute atomic E-state index is 13.4. The van der Waals surface area contributed by atoms with Crippen LogP contribution in [0.4, 0.5) is 10.1 Å². The summed E-state index contributed by atoms with van der Waals surface area (Å²) in [5.41, 5.74) is 5.18. The van der Waals surface area contributed by atoms with Crippen LogP contribution in [0.25, 0.3) is 0 Å². The lowest BCUT2D eigenvalue weighted by molar-refractivity contribution is 0.265. The van der Waals surface area contributed by atoms with Gasteiger partial charge in [0.1, 0.15) is 10.7 Å². The molecule has 7 heteroatoms. The van der Waals surface area contributed by atoms with Gasteiger partial charge >= 0.3 is 0 Å². The van der Waals surface area contributed by atoms with E-state index in [1.165, 1.54) is 12.1 Å². The van der Waals surface area contributed by atoms with Gasteiger partial charge in [-0.1, -0.05) is 6.07 Å². The van der Waals surface area contributed by atoms with Crippen molar-refractivity contribution in [2.24, 2.45) is 5.92 Å². The third kappa shape index (κ3) is 3.72. The van der Waals surface area contributed by atoms with Crippen LogP contribution in [0.5, 0.6) is 0 Å². The number of nitrogen functional groups attached to an aromatic ring is 1. The first-order valence-electron chi connectivity index (χ1n) is 7.09. The molecule has 118 valence electrons. The van der Waals surface area contributed by atoms with E-state index in [0.29, 0.717) is 12.6 Å². The van der Waals surface area contributed by atoms with Crippen molar-refractivity contribution in [2.75, 3.05) is 25.4 Å². The Bertz CT molecular complexity index is 604. The zero-order valence-corrected chi connectivity index (χ0v) is 13.2. The Morgan fingerprint density at radius 2 is 2.19 bits per heavy atom. The van der Waals surface area contributed by atoms with E-state index in [1.807, 2.05) is 0 Å². The number of likely N-dealkylation sites (tertiary alicyclic amines) is 1. The summed E-state index contributed by atoms with van der Waals surface area (Å²) in [7, 11) is -3.77. The van der Waals surface area contributed by atoms with Gasteiger partial charge in [-0.15, -0.1) is 0 Å². The van der Waals surface area contributed by atoms with Crippen molar-refractivity contribution in [3.63, 3.8) is 0 Å². The Balaban J connectivity index is 2.01. The molecule has 0 radical (unpaired) electrons. The van der Waals surface area contributed by atoms with Gasteiger partial charge in [0.15, 0.2) is 0 Å². The molecule has 1 aliphatic rings. The maximum Gasteiger partial charge on any atom is 0.242 e. The largest absolute Gasteiger partial charge is 0.395 e. The Kier molecular flexibility index (Phi) is 4.85. The number of hydrogen-bond acceptors (Lipinski definition) is 4. The summed E-state index contributed by atoms with van der Waals surface area (Å²) >= 11 is 0. The van der Waals surface area contributed by atoms with Gasteiger partial charge in [0.2, 0.25) is 10.0 Å². The first-order valence-corrected chi connectivity index (χ1v) is 8.57. The highest BCUT2D eigenvalue weighted by molar-refractivity contribution is 7.89. The molecule has 0 aliphatic carbocycles. The first-order chi connectivity index (χ1) is 9.81. The van der Waals surface area contributed by atoms with Crippen LogP contribution in [0.3, 0.4) is 0 Å². The zero-order chi connectivity index (χ0) is 15.6. The number of nitrogens with two attached hydrogens (primary N) is 1. The summed E-state index contributed by atoms with van der Waals surface area (Å²) in [6, 6.07) is 4.27. The van der Waals surface area contributed by atoms with Crippen LogP contribution < -0.4 is 10.5 Å². The number of nitrogens with zero attached hydrogens (tertiary/aromatic N) is 1. The van der Waals surface area contributed by atoms with Crippen LogP contribution in [0.15, 0.2) is 23.1 Å².